The Bertz CT molecular complexity index is 755. The second-order valence-corrected chi connectivity index (χ2v) is 9.83. The number of nitrogens with two attached hydrogens (primary N) is 3. The first kappa shape index (κ1) is 33.1. The van der Waals surface area contributed by atoms with Crippen LogP contribution in [0.3, 0.4) is 0 Å². The fraction of sp³-hybridized carbons (Fsp3) is 0.792. The number of hydrogen-bond acceptors (Lipinski definition) is 6. The van der Waals surface area contributed by atoms with Gasteiger partial charge in [0.1, 0.15) is 18.1 Å². The number of carbonyl (C=O) groups is 4. The molecule has 0 spiro atoms. The molecule has 0 saturated heterocycles. The van der Waals surface area contributed by atoms with E-state index >= 15 is 0 Å². The summed E-state index contributed by atoms with van der Waals surface area (Å²) in [7, 11) is 0. The number of aliphatic imine (C=N–C) groups is 1. The highest BCUT2D eigenvalue weighted by Crippen LogP contribution is 2.12. The molecule has 0 rings (SSSR count). The van der Waals surface area contributed by atoms with E-state index in [0.29, 0.717) is 25.7 Å². The van der Waals surface area contributed by atoms with Gasteiger partial charge in [-0.15, -0.1) is 0 Å². The van der Waals surface area contributed by atoms with Crippen LogP contribution in [0.25, 0.3) is 0 Å². The number of nitrogens with zero attached hydrogens (tertiary/aromatic N) is 1. The quantitative estimate of drug-likeness (QED) is 0.0798. The number of rotatable bonds is 17. The SMILES string of the molecule is CCC(C)C(NC(=O)C(CCCN=C(N)N)NC(=O)C(NC(=O)C(N)CC(C)C)C(C)CC)C(=O)O. The molecule has 0 fully saturated rings. The van der Waals surface area contributed by atoms with E-state index in [0.717, 1.165) is 0 Å². The van der Waals surface area contributed by atoms with Crippen LogP contribution in [-0.4, -0.2) is 65.5 Å². The zero-order chi connectivity index (χ0) is 28.0. The molecule has 0 aliphatic rings. The number of aliphatic carboxylic acids is 1. The standard InChI is InChI=1S/C24H47N7O5/c1-7-14(5)18(30-20(32)16(25)12-13(3)4)22(34)29-17(10-9-11-28-24(26)27)21(33)31-19(23(35)36)15(6)8-2/h13-19H,7-12,25H2,1-6H3,(H,29,34)(H,30,32)(H,31,33)(H,35,36)(H4,26,27,28). The van der Waals surface area contributed by atoms with Gasteiger partial charge in [-0.25, -0.2) is 4.79 Å². The van der Waals surface area contributed by atoms with Crippen molar-refractivity contribution in [2.24, 2.45) is 39.9 Å². The minimum Gasteiger partial charge on any atom is -0.480 e. The molecule has 0 aliphatic heterocycles. The third-order valence-corrected chi connectivity index (χ3v) is 6.21. The van der Waals surface area contributed by atoms with Crippen LogP contribution in [0.15, 0.2) is 4.99 Å². The summed E-state index contributed by atoms with van der Waals surface area (Å²) in [4.78, 5) is 54.6. The number of carbonyl (C=O) groups excluding carboxylic acids is 3. The Labute approximate surface area is 214 Å². The fourth-order valence-corrected chi connectivity index (χ4v) is 3.55. The van der Waals surface area contributed by atoms with Crippen molar-refractivity contribution in [3.8, 4) is 0 Å². The van der Waals surface area contributed by atoms with Crippen LogP contribution in [0.5, 0.6) is 0 Å². The normalized spacial score (nSPS) is 16.1. The van der Waals surface area contributed by atoms with Crippen molar-refractivity contribution in [2.75, 3.05) is 6.54 Å². The number of amides is 3. The molecule has 3 amide bonds. The Morgan fingerprint density at radius 2 is 1.36 bits per heavy atom. The number of carboxylic acids is 1. The Hall–Kier alpha value is -2.89. The number of carboxylic acid groups (broad SMARTS) is 1. The molecule has 10 N–H and O–H groups in total. The molecule has 12 nitrogen and oxygen atoms in total. The van der Waals surface area contributed by atoms with Crippen molar-refractivity contribution in [2.45, 2.75) is 97.8 Å². The zero-order valence-electron chi connectivity index (χ0n) is 22.5. The molecular weight excluding hydrogens is 466 g/mol. The topological polar surface area (TPSA) is 215 Å². The van der Waals surface area contributed by atoms with Crippen molar-refractivity contribution in [3.05, 3.63) is 0 Å². The third kappa shape index (κ3) is 12.2. The lowest BCUT2D eigenvalue weighted by molar-refractivity contribution is -0.144. The molecule has 6 atom stereocenters. The van der Waals surface area contributed by atoms with Crippen LogP contribution in [-0.2, 0) is 19.2 Å². The lowest BCUT2D eigenvalue weighted by Gasteiger charge is -2.28. The maximum atomic E-state index is 13.3. The smallest absolute Gasteiger partial charge is 0.326 e. The Morgan fingerprint density at radius 1 is 0.833 bits per heavy atom. The van der Waals surface area contributed by atoms with Crippen LogP contribution >= 0.6 is 0 Å². The molecule has 0 heterocycles. The van der Waals surface area contributed by atoms with Gasteiger partial charge in [0.15, 0.2) is 5.96 Å². The Morgan fingerprint density at radius 3 is 1.83 bits per heavy atom. The molecule has 0 aromatic rings. The van der Waals surface area contributed by atoms with Gasteiger partial charge in [-0.1, -0.05) is 54.4 Å². The Balaban J connectivity index is 5.72. The van der Waals surface area contributed by atoms with E-state index in [1.807, 2.05) is 34.6 Å². The molecule has 0 aromatic heterocycles. The third-order valence-electron chi connectivity index (χ3n) is 6.21. The number of nitrogens with one attached hydrogen (secondary N) is 3. The van der Waals surface area contributed by atoms with E-state index in [-0.39, 0.29) is 36.7 Å². The zero-order valence-corrected chi connectivity index (χ0v) is 22.5. The summed E-state index contributed by atoms with van der Waals surface area (Å²) in [6.45, 7) is 11.4. The Kier molecular flexibility index (Phi) is 15.4. The first-order chi connectivity index (χ1) is 16.7. The molecule has 12 heteroatoms. The molecule has 0 aromatic carbocycles. The van der Waals surface area contributed by atoms with Gasteiger partial charge >= 0.3 is 5.97 Å². The van der Waals surface area contributed by atoms with E-state index in [1.165, 1.54) is 0 Å². The highest BCUT2D eigenvalue weighted by molar-refractivity contribution is 5.94. The van der Waals surface area contributed by atoms with E-state index < -0.39 is 47.9 Å². The van der Waals surface area contributed by atoms with Crippen molar-refractivity contribution in [1.29, 1.82) is 0 Å². The largest absolute Gasteiger partial charge is 0.480 e. The van der Waals surface area contributed by atoms with Crippen LogP contribution in [0.2, 0.25) is 0 Å². The molecule has 0 aliphatic carbocycles. The van der Waals surface area contributed by atoms with E-state index in [2.05, 4.69) is 20.9 Å². The van der Waals surface area contributed by atoms with Gasteiger partial charge in [-0.3, -0.25) is 19.4 Å². The van der Waals surface area contributed by atoms with Gasteiger partial charge in [0.2, 0.25) is 17.7 Å². The van der Waals surface area contributed by atoms with E-state index in [1.54, 1.807) is 6.92 Å². The highest BCUT2D eigenvalue weighted by Gasteiger charge is 2.33. The van der Waals surface area contributed by atoms with Crippen molar-refractivity contribution >= 4 is 29.7 Å². The number of hydrogen-bond donors (Lipinski definition) is 7. The monoisotopic (exact) mass is 513 g/mol. The van der Waals surface area contributed by atoms with Gasteiger partial charge in [0.25, 0.3) is 0 Å². The average molecular weight is 514 g/mol. The summed E-state index contributed by atoms with van der Waals surface area (Å²) in [6, 6.07) is -3.85. The van der Waals surface area contributed by atoms with Gasteiger partial charge in [0, 0.05) is 6.54 Å². The molecule has 208 valence electrons. The van der Waals surface area contributed by atoms with Gasteiger partial charge in [-0.05, 0) is 37.0 Å². The van der Waals surface area contributed by atoms with Crippen LogP contribution in [0.4, 0.5) is 0 Å². The van der Waals surface area contributed by atoms with Gasteiger partial charge in [0.05, 0.1) is 6.04 Å². The first-order valence-corrected chi connectivity index (χ1v) is 12.7. The summed E-state index contributed by atoms with van der Waals surface area (Å²) in [5.74, 6) is -3.24. The van der Waals surface area contributed by atoms with Gasteiger partial charge < -0.3 is 38.3 Å². The fourth-order valence-electron chi connectivity index (χ4n) is 3.55. The van der Waals surface area contributed by atoms with Crippen molar-refractivity contribution < 1.29 is 24.3 Å². The molecule has 6 unspecified atom stereocenters. The molecule has 0 saturated carbocycles. The molecule has 0 radical (unpaired) electrons. The predicted molar refractivity (Wildman–Crippen MR) is 140 cm³/mol. The maximum absolute atomic E-state index is 13.3. The first-order valence-electron chi connectivity index (χ1n) is 12.7. The van der Waals surface area contributed by atoms with Gasteiger partial charge in [-0.2, -0.15) is 0 Å². The average Bonchev–Trinajstić information content (AvgIpc) is 2.80. The summed E-state index contributed by atoms with van der Waals surface area (Å²) >= 11 is 0. The van der Waals surface area contributed by atoms with Crippen LogP contribution in [0.1, 0.15) is 73.6 Å². The molecular formula is C24H47N7O5. The highest BCUT2D eigenvalue weighted by atomic mass is 16.4. The summed E-state index contributed by atoms with van der Waals surface area (Å²) in [6.07, 6.45) is 2.11. The maximum Gasteiger partial charge on any atom is 0.326 e. The van der Waals surface area contributed by atoms with Crippen LogP contribution in [0, 0.1) is 17.8 Å². The summed E-state index contributed by atoms with van der Waals surface area (Å²) in [5, 5.41) is 17.5. The summed E-state index contributed by atoms with van der Waals surface area (Å²) in [5.41, 5.74) is 16.7. The predicted octanol–water partition coefficient (Wildman–Crippen LogP) is 0.0446. The molecule has 0 bridgehead atoms. The van der Waals surface area contributed by atoms with Crippen molar-refractivity contribution in [3.63, 3.8) is 0 Å². The van der Waals surface area contributed by atoms with E-state index in [9.17, 15) is 24.3 Å². The molecule has 36 heavy (non-hydrogen) atoms. The van der Waals surface area contributed by atoms with E-state index in [4.69, 9.17) is 17.2 Å². The minimum atomic E-state index is -1.16. The second-order valence-electron chi connectivity index (χ2n) is 9.83. The van der Waals surface area contributed by atoms with Crippen LogP contribution < -0.4 is 33.2 Å². The lowest BCUT2D eigenvalue weighted by Crippen LogP contribution is -2.59. The second kappa shape index (κ2) is 16.7. The summed E-state index contributed by atoms with van der Waals surface area (Å²) < 4.78 is 0. The lowest BCUT2D eigenvalue weighted by atomic mass is 9.96. The minimum absolute atomic E-state index is 0.0972. The van der Waals surface area contributed by atoms with Crippen molar-refractivity contribution in [1.82, 2.24) is 16.0 Å². The number of guanidine groups is 1.